The number of benzene rings is 1. The molecule has 2 aromatic rings. The summed E-state index contributed by atoms with van der Waals surface area (Å²) in [5.74, 6) is 1.55. The molecule has 0 amide bonds. The van der Waals surface area contributed by atoms with Crippen LogP contribution in [0.15, 0.2) is 18.2 Å². The molecule has 4 nitrogen and oxygen atoms in total. The third kappa shape index (κ3) is 2.43. The van der Waals surface area contributed by atoms with Gasteiger partial charge in [-0.3, -0.25) is 0 Å². The minimum atomic E-state index is -0.344. The fourth-order valence-corrected chi connectivity index (χ4v) is 2.34. The topological polar surface area (TPSA) is 47.0 Å². The number of ether oxygens (including phenoxy) is 1. The first-order valence-corrected chi connectivity index (χ1v) is 6.47. The van der Waals surface area contributed by atoms with Crippen molar-refractivity contribution < 1.29 is 9.13 Å². The smallest absolute Gasteiger partial charge is 0.207 e. The van der Waals surface area contributed by atoms with Crippen molar-refractivity contribution in [3.63, 3.8) is 0 Å². The van der Waals surface area contributed by atoms with E-state index in [4.69, 9.17) is 4.74 Å². The number of rotatable bonds is 4. The van der Waals surface area contributed by atoms with Gasteiger partial charge < -0.3 is 10.1 Å². The number of hydrogen-bond donors (Lipinski definition) is 1. The van der Waals surface area contributed by atoms with Gasteiger partial charge in [-0.25, -0.2) is 9.37 Å². The summed E-state index contributed by atoms with van der Waals surface area (Å²) in [5.41, 5.74) is 0.616. The normalized spacial score (nSPS) is 14.6. The van der Waals surface area contributed by atoms with Gasteiger partial charge in [0.1, 0.15) is 17.4 Å². The monoisotopic (exact) mass is 265 g/mol. The molecule has 1 aromatic heterocycles. The van der Waals surface area contributed by atoms with E-state index in [1.165, 1.54) is 43.6 Å². The van der Waals surface area contributed by atoms with E-state index in [-0.39, 0.29) is 5.82 Å². The van der Waals surface area contributed by atoms with Crippen LogP contribution in [0.3, 0.4) is 0 Å². The van der Waals surface area contributed by atoms with Crippen LogP contribution < -0.4 is 10.1 Å². The van der Waals surface area contributed by atoms with E-state index in [0.29, 0.717) is 22.5 Å². The number of nitrogens with one attached hydrogen (secondary N) is 1. The van der Waals surface area contributed by atoms with Crippen molar-refractivity contribution in [2.24, 2.45) is 0 Å². The molecule has 1 aromatic carbocycles. The summed E-state index contributed by atoms with van der Waals surface area (Å²) in [7, 11) is 1.51. The predicted octanol–water partition coefficient (Wildman–Crippen LogP) is 3.31. The van der Waals surface area contributed by atoms with Gasteiger partial charge in [-0.2, -0.15) is 4.37 Å². The van der Waals surface area contributed by atoms with Crippen LogP contribution in [0.5, 0.6) is 5.75 Å². The van der Waals surface area contributed by atoms with Crippen LogP contribution in [0.2, 0.25) is 0 Å². The van der Waals surface area contributed by atoms with Crippen LogP contribution in [-0.4, -0.2) is 16.5 Å². The molecule has 0 saturated heterocycles. The van der Waals surface area contributed by atoms with Crippen molar-refractivity contribution in [2.75, 3.05) is 12.4 Å². The third-order valence-electron chi connectivity index (χ3n) is 2.74. The van der Waals surface area contributed by atoms with E-state index in [1.807, 2.05) is 0 Å². The zero-order valence-corrected chi connectivity index (χ0v) is 10.6. The Kier molecular flexibility index (Phi) is 2.87. The van der Waals surface area contributed by atoms with Crippen LogP contribution >= 0.6 is 11.5 Å². The zero-order valence-electron chi connectivity index (χ0n) is 9.81. The summed E-state index contributed by atoms with van der Waals surface area (Å²) in [4.78, 5) is 4.39. The molecule has 1 N–H and O–H groups in total. The fraction of sp³-hybridized carbons (Fsp3) is 0.333. The first kappa shape index (κ1) is 11.4. The molecular weight excluding hydrogens is 253 g/mol. The summed E-state index contributed by atoms with van der Waals surface area (Å²) in [6, 6.07) is 4.46. The van der Waals surface area contributed by atoms with Gasteiger partial charge in [0.05, 0.1) is 7.11 Å². The Morgan fingerprint density at radius 3 is 2.94 bits per heavy atom. The van der Waals surface area contributed by atoms with E-state index in [0.717, 1.165) is 5.82 Å². The molecule has 1 aliphatic carbocycles. The van der Waals surface area contributed by atoms with Gasteiger partial charge >= 0.3 is 0 Å². The molecular formula is C12H12FN3OS. The summed E-state index contributed by atoms with van der Waals surface area (Å²) in [5, 5.41) is 3.73. The van der Waals surface area contributed by atoms with Crippen molar-refractivity contribution in [3.8, 4) is 5.75 Å². The van der Waals surface area contributed by atoms with Crippen LogP contribution in [0.1, 0.15) is 24.6 Å². The average Bonchev–Trinajstić information content (AvgIpc) is 3.10. The molecule has 0 radical (unpaired) electrons. The minimum Gasteiger partial charge on any atom is -0.497 e. The minimum absolute atomic E-state index is 0.344. The quantitative estimate of drug-likeness (QED) is 0.921. The molecule has 94 valence electrons. The highest BCUT2D eigenvalue weighted by atomic mass is 32.1. The number of aromatic nitrogens is 2. The Balaban J connectivity index is 1.79. The molecule has 1 fully saturated rings. The van der Waals surface area contributed by atoms with Gasteiger partial charge in [0.25, 0.3) is 0 Å². The largest absolute Gasteiger partial charge is 0.497 e. The van der Waals surface area contributed by atoms with E-state index >= 15 is 0 Å². The molecule has 18 heavy (non-hydrogen) atoms. The zero-order chi connectivity index (χ0) is 12.5. The van der Waals surface area contributed by atoms with E-state index < -0.39 is 0 Å². The maximum absolute atomic E-state index is 13.3. The number of methoxy groups -OCH3 is 1. The molecule has 0 bridgehead atoms. The Hall–Kier alpha value is -1.69. The lowest BCUT2D eigenvalue weighted by molar-refractivity contribution is 0.411. The van der Waals surface area contributed by atoms with Gasteiger partial charge in [-0.15, -0.1) is 0 Å². The Bertz CT molecular complexity index is 568. The predicted molar refractivity (Wildman–Crippen MR) is 68.1 cm³/mol. The molecule has 6 heteroatoms. The number of nitrogens with zero attached hydrogens (tertiary/aromatic N) is 2. The lowest BCUT2D eigenvalue weighted by atomic mass is 10.3. The number of halogens is 1. The Labute approximate surface area is 108 Å². The van der Waals surface area contributed by atoms with Crippen molar-refractivity contribution in [3.05, 3.63) is 29.8 Å². The first-order valence-electron chi connectivity index (χ1n) is 5.70. The summed E-state index contributed by atoms with van der Waals surface area (Å²) in [6.07, 6.45) is 2.34. The highest BCUT2D eigenvalue weighted by Crippen LogP contribution is 2.39. The summed E-state index contributed by atoms with van der Waals surface area (Å²) >= 11 is 1.30. The lowest BCUT2D eigenvalue weighted by Gasteiger charge is -2.05. The van der Waals surface area contributed by atoms with Gasteiger partial charge in [0.2, 0.25) is 5.13 Å². The average molecular weight is 265 g/mol. The first-order chi connectivity index (χ1) is 8.74. The van der Waals surface area contributed by atoms with Gasteiger partial charge in [-0.05, 0) is 18.9 Å². The van der Waals surface area contributed by atoms with Crippen LogP contribution in [0.25, 0.3) is 0 Å². The maximum atomic E-state index is 13.3. The van der Waals surface area contributed by atoms with Crippen LogP contribution in [-0.2, 0) is 0 Å². The molecule has 0 spiro atoms. The Morgan fingerprint density at radius 1 is 1.39 bits per heavy atom. The standard InChI is InChI=1S/C12H12FN3OS/c1-17-10-5-8(13)4-9(6-10)14-12-15-11(16-18-12)7-2-3-7/h4-7H,2-3H2,1H3,(H,14,15,16). The second kappa shape index (κ2) is 4.53. The molecule has 1 heterocycles. The molecule has 0 aliphatic heterocycles. The highest BCUT2D eigenvalue weighted by Gasteiger charge is 2.27. The second-order valence-corrected chi connectivity index (χ2v) is 4.99. The molecule has 1 aliphatic rings. The van der Waals surface area contributed by atoms with E-state index in [2.05, 4.69) is 14.7 Å². The molecule has 1 saturated carbocycles. The van der Waals surface area contributed by atoms with Crippen LogP contribution in [0, 0.1) is 5.82 Å². The van der Waals surface area contributed by atoms with Crippen molar-refractivity contribution in [1.29, 1.82) is 0 Å². The highest BCUT2D eigenvalue weighted by molar-refractivity contribution is 7.09. The van der Waals surface area contributed by atoms with Gasteiger partial charge in [0.15, 0.2) is 0 Å². The van der Waals surface area contributed by atoms with E-state index in [9.17, 15) is 4.39 Å². The molecule has 0 atom stereocenters. The van der Waals surface area contributed by atoms with Gasteiger partial charge in [-0.1, -0.05) is 0 Å². The van der Waals surface area contributed by atoms with Crippen molar-refractivity contribution in [2.45, 2.75) is 18.8 Å². The molecule has 3 rings (SSSR count). The second-order valence-electron chi connectivity index (χ2n) is 4.24. The van der Waals surface area contributed by atoms with Crippen molar-refractivity contribution >= 4 is 22.4 Å². The third-order valence-corrected chi connectivity index (χ3v) is 3.39. The maximum Gasteiger partial charge on any atom is 0.207 e. The Morgan fingerprint density at radius 2 is 2.22 bits per heavy atom. The van der Waals surface area contributed by atoms with E-state index in [1.54, 1.807) is 6.07 Å². The molecule has 0 unspecified atom stereocenters. The van der Waals surface area contributed by atoms with Crippen LogP contribution in [0.4, 0.5) is 15.2 Å². The summed E-state index contributed by atoms with van der Waals surface area (Å²) in [6.45, 7) is 0. The number of anilines is 2. The fourth-order valence-electron chi connectivity index (χ4n) is 1.67. The lowest BCUT2D eigenvalue weighted by Crippen LogP contribution is -1.93. The number of hydrogen-bond acceptors (Lipinski definition) is 5. The van der Waals surface area contributed by atoms with Crippen molar-refractivity contribution in [1.82, 2.24) is 9.36 Å². The summed E-state index contributed by atoms with van der Waals surface area (Å²) < 4.78 is 22.6. The SMILES string of the molecule is COc1cc(F)cc(Nc2nc(C3CC3)ns2)c1. The van der Waals surface area contributed by atoms with Gasteiger partial charge in [0, 0.05) is 35.3 Å².